The number of nitrogens with one attached hydrogen (secondary N) is 1. The molecule has 0 unspecified atom stereocenters. The number of benzene rings is 2. The minimum absolute atomic E-state index is 0.0543. The van der Waals surface area contributed by atoms with E-state index in [1.165, 1.54) is 0 Å². The molecule has 7 nitrogen and oxygen atoms in total. The number of hydrogen-bond donors (Lipinski definition) is 1. The van der Waals surface area contributed by atoms with Crippen LogP contribution in [0, 0.1) is 19.8 Å². The van der Waals surface area contributed by atoms with E-state index >= 15 is 0 Å². The molecule has 1 aliphatic heterocycles. The van der Waals surface area contributed by atoms with Gasteiger partial charge >= 0.3 is 5.97 Å². The number of aryl methyl sites for hydroxylation is 2. The predicted octanol–water partition coefficient (Wildman–Crippen LogP) is 4.00. The van der Waals surface area contributed by atoms with Crippen molar-refractivity contribution < 1.29 is 23.9 Å². The van der Waals surface area contributed by atoms with Gasteiger partial charge in [-0.05, 0) is 68.3 Å². The molecule has 0 radical (unpaired) electrons. The van der Waals surface area contributed by atoms with Crippen molar-refractivity contribution in [2.24, 2.45) is 5.92 Å². The van der Waals surface area contributed by atoms with E-state index in [0.717, 1.165) is 21.3 Å². The van der Waals surface area contributed by atoms with E-state index in [1.54, 1.807) is 29.2 Å². The van der Waals surface area contributed by atoms with E-state index in [9.17, 15) is 14.4 Å². The molecule has 164 valence electrons. The van der Waals surface area contributed by atoms with Gasteiger partial charge in [-0.2, -0.15) is 0 Å². The molecule has 31 heavy (non-hydrogen) atoms. The Morgan fingerprint density at radius 2 is 1.81 bits per heavy atom. The first-order valence-electron chi connectivity index (χ1n) is 10.0. The molecule has 2 aromatic rings. The summed E-state index contributed by atoms with van der Waals surface area (Å²) in [5.74, 6) is -1.03. The molecule has 8 heteroatoms. The molecule has 0 saturated carbocycles. The summed E-state index contributed by atoms with van der Waals surface area (Å²) < 4.78 is 11.6. The third kappa shape index (κ3) is 5.64. The van der Waals surface area contributed by atoms with Gasteiger partial charge in [0.25, 0.3) is 5.91 Å². The highest BCUT2D eigenvalue weighted by Crippen LogP contribution is 2.28. The second-order valence-electron chi connectivity index (χ2n) is 7.41. The van der Waals surface area contributed by atoms with Crippen LogP contribution in [0.15, 0.2) is 40.9 Å². The van der Waals surface area contributed by atoms with Crippen molar-refractivity contribution in [1.82, 2.24) is 0 Å². The number of amides is 2. The molecule has 3 rings (SSSR count). The van der Waals surface area contributed by atoms with Crippen LogP contribution in [-0.2, 0) is 19.1 Å². The van der Waals surface area contributed by atoms with E-state index in [1.807, 2.05) is 32.9 Å². The average Bonchev–Trinajstić information content (AvgIpc) is 3.13. The highest BCUT2D eigenvalue weighted by Gasteiger charge is 2.36. The van der Waals surface area contributed by atoms with Gasteiger partial charge in [0.1, 0.15) is 5.75 Å². The van der Waals surface area contributed by atoms with Crippen molar-refractivity contribution in [3.8, 4) is 5.75 Å². The van der Waals surface area contributed by atoms with Crippen LogP contribution in [0.1, 0.15) is 24.5 Å². The van der Waals surface area contributed by atoms with Crippen LogP contribution in [0.4, 0.5) is 11.4 Å². The Labute approximate surface area is 189 Å². The molecule has 2 aromatic carbocycles. The van der Waals surface area contributed by atoms with Gasteiger partial charge < -0.3 is 19.7 Å². The Bertz CT molecular complexity index is 967. The third-order valence-electron chi connectivity index (χ3n) is 4.98. The van der Waals surface area contributed by atoms with Gasteiger partial charge in [-0.25, -0.2) is 0 Å². The maximum Gasteiger partial charge on any atom is 0.311 e. The molecule has 0 aliphatic carbocycles. The van der Waals surface area contributed by atoms with E-state index < -0.39 is 24.4 Å². The van der Waals surface area contributed by atoms with Crippen molar-refractivity contribution in [2.75, 3.05) is 30.0 Å². The Morgan fingerprint density at radius 1 is 1.16 bits per heavy atom. The van der Waals surface area contributed by atoms with Crippen LogP contribution < -0.4 is 15.0 Å². The summed E-state index contributed by atoms with van der Waals surface area (Å²) in [5, 5.41) is 2.73. The van der Waals surface area contributed by atoms with Gasteiger partial charge in [0.15, 0.2) is 6.61 Å². The minimum atomic E-state index is -0.607. The number of rotatable bonds is 7. The normalized spacial score (nSPS) is 15.7. The summed E-state index contributed by atoms with van der Waals surface area (Å²) in [5.41, 5.74) is 3.32. The van der Waals surface area contributed by atoms with Crippen molar-refractivity contribution in [3.63, 3.8) is 0 Å². The van der Waals surface area contributed by atoms with Crippen molar-refractivity contribution in [2.45, 2.75) is 27.2 Å². The Hall–Kier alpha value is -2.87. The van der Waals surface area contributed by atoms with Gasteiger partial charge in [-0.15, -0.1) is 0 Å². The first kappa shape index (κ1) is 22.8. The Kier molecular flexibility index (Phi) is 7.33. The van der Waals surface area contributed by atoms with E-state index in [-0.39, 0.29) is 18.9 Å². The van der Waals surface area contributed by atoms with E-state index in [4.69, 9.17) is 9.47 Å². The SMILES string of the molecule is CCOc1ccc(N2C[C@@H](C(=O)OCC(=O)Nc3cc(C)c(Br)c(C)c3)CC2=O)cc1. The molecular formula is C23H25BrN2O5. The summed E-state index contributed by atoms with van der Waals surface area (Å²) in [6.45, 7) is 6.14. The van der Waals surface area contributed by atoms with Crippen LogP contribution in [0.3, 0.4) is 0 Å². The van der Waals surface area contributed by atoms with E-state index in [0.29, 0.717) is 18.0 Å². The molecular weight excluding hydrogens is 464 g/mol. The molecule has 0 spiro atoms. The quantitative estimate of drug-likeness (QED) is 0.595. The summed E-state index contributed by atoms with van der Waals surface area (Å²) in [6.07, 6.45) is 0.0543. The lowest BCUT2D eigenvalue weighted by Crippen LogP contribution is -2.28. The standard InChI is InChI=1S/C23H25BrN2O5/c1-4-30-19-7-5-18(6-8-19)26-12-16(11-21(26)28)23(29)31-13-20(27)25-17-9-14(2)22(24)15(3)10-17/h5-10,16H,4,11-13H2,1-3H3,(H,25,27)/t16-/m0/s1. The number of nitrogens with zero attached hydrogens (tertiary/aromatic N) is 1. The number of hydrogen-bond acceptors (Lipinski definition) is 5. The second-order valence-corrected chi connectivity index (χ2v) is 8.21. The molecule has 1 aliphatic rings. The zero-order valence-corrected chi connectivity index (χ0v) is 19.3. The lowest BCUT2D eigenvalue weighted by atomic mass is 10.1. The van der Waals surface area contributed by atoms with Crippen molar-refractivity contribution in [3.05, 3.63) is 52.0 Å². The van der Waals surface area contributed by atoms with Gasteiger partial charge in [-0.1, -0.05) is 15.9 Å². The minimum Gasteiger partial charge on any atom is -0.494 e. The fourth-order valence-corrected chi connectivity index (χ4v) is 3.70. The highest BCUT2D eigenvalue weighted by molar-refractivity contribution is 9.10. The Balaban J connectivity index is 1.53. The first-order chi connectivity index (χ1) is 14.8. The molecule has 1 fully saturated rings. The topological polar surface area (TPSA) is 84.9 Å². The van der Waals surface area contributed by atoms with Gasteiger partial charge in [0.05, 0.1) is 12.5 Å². The molecule has 1 N–H and O–H groups in total. The van der Waals surface area contributed by atoms with Crippen LogP contribution in [-0.4, -0.2) is 37.5 Å². The largest absolute Gasteiger partial charge is 0.494 e. The van der Waals surface area contributed by atoms with Gasteiger partial charge in [0, 0.05) is 28.8 Å². The summed E-state index contributed by atoms with van der Waals surface area (Å²) in [6, 6.07) is 10.8. The number of carbonyl (C=O) groups excluding carboxylic acids is 3. The maximum absolute atomic E-state index is 12.4. The van der Waals surface area contributed by atoms with Crippen LogP contribution in [0.25, 0.3) is 0 Å². The zero-order valence-electron chi connectivity index (χ0n) is 17.7. The molecule has 1 heterocycles. The van der Waals surface area contributed by atoms with Gasteiger partial charge in [-0.3, -0.25) is 14.4 Å². The lowest BCUT2D eigenvalue weighted by molar-refractivity contribution is -0.151. The maximum atomic E-state index is 12.4. The molecule has 1 saturated heterocycles. The number of carbonyl (C=O) groups is 3. The van der Waals surface area contributed by atoms with Crippen LogP contribution >= 0.6 is 15.9 Å². The second kappa shape index (κ2) is 9.96. The first-order valence-corrected chi connectivity index (χ1v) is 10.8. The van der Waals surface area contributed by atoms with Crippen LogP contribution in [0.2, 0.25) is 0 Å². The fraction of sp³-hybridized carbons (Fsp3) is 0.348. The molecule has 2 amide bonds. The summed E-state index contributed by atoms with van der Waals surface area (Å²) in [4.78, 5) is 38.5. The number of esters is 1. The summed E-state index contributed by atoms with van der Waals surface area (Å²) in [7, 11) is 0. The third-order valence-corrected chi connectivity index (χ3v) is 6.23. The fourth-order valence-electron chi connectivity index (χ4n) is 3.47. The number of halogens is 1. The molecule has 0 bridgehead atoms. The van der Waals surface area contributed by atoms with Gasteiger partial charge in [0.2, 0.25) is 5.91 Å². The lowest BCUT2D eigenvalue weighted by Gasteiger charge is -2.17. The smallest absolute Gasteiger partial charge is 0.311 e. The van der Waals surface area contributed by atoms with Crippen molar-refractivity contribution in [1.29, 1.82) is 0 Å². The average molecular weight is 489 g/mol. The van der Waals surface area contributed by atoms with Crippen LogP contribution in [0.5, 0.6) is 5.75 Å². The number of anilines is 2. The summed E-state index contributed by atoms with van der Waals surface area (Å²) >= 11 is 3.48. The monoisotopic (exact) mass is 488 g/mol. The molecule has 1 atom stereocenters. The van der Waals surface area contributed by atoms with E-state index in [2.05, 4.69) is 21.2 Å². The highest BCUT2D eigenvalue weighted by atomic mass is 79.9. The predicted molar refractivity (Wildman–Crippen MR) is 121 cm³/mol. The zero-order chi connectivity index (χ0) is 22.5. The molecule has 0 aromatic heterocycles. The Morgan fingerprint density at radius 3 is 2.42 bits per heavy atom. The number of ether oxygens (including phenoxy) is 2. The van der Waals surface area contributed by atoms with Crippen molar-refractivity contribution >= 4 is 45.1 Å².